The van der Waals surface area contributed by atoms with Gasteiger partial charge in [-0.3, -0.25) is 0 Å². The number of nitrogen functional groups attached to an aromatic ring is 1. The molecule has 0 aliphatic heterocycles. The first kappa shape index (κ1) is 10.7. The van der Waals surface area contributed by atoms with Crippen LogP contribution in [0.1, 0.15) is 22.3 Å². The maximum atomic E-state index is 12.3. The van der Waals surface area contributed by atoms with Crippen molar-refractivity contribution in [1.29, 1.82) is 0 Å². The van der Waals surface area contributed by atoms with E-state index in [0.717, 1.165) is 12.1 Å². The molecule has 3 N–H and O–H groups in total. The summed E-state index contributed by atoms with van der Waals surface area (Å²) >= 11 is 5.47. The number of rotatable bonds is 2. The van der Waals surface area contributed by atoms with Crippen LogP contribution in [-0.4, -0.2) is 11.1 Å². The number of benzene rings is 1. The molecule has 0 heterocycles. The van der Waals surface area contributed by atoms with Gasteiger partial charge in [0.2, 0.25) is 0 Å². The smallest absolute Gasteiger partial charge is 0.337 e. The van der Waals surface area contributed by atoms with Crippen molar-refractivity contribution in [3.05, 3.63) is 28.3 Å². The zero-order chi connectivity index (χ0) is 10.9. The van der Waals surface area contributed by atoms with E-state index in [4.69, 9.17) is 22.4 Å². The van der Waals surface area contributed by atoms with E-state index in [-0.39, 0.29) is 11.3 Å². The Bertz CT molecular complexity index is 382. The highest BCUT2D eigenvalue weighted by Crippen LogP contribution is 2.33. The Balaban J connectivity index is 3.33. The lowest BCUT2D eigenvalue weighted by Gasteiger charge is -2.07. The first-order valence-electron chi connectivity index (χ1n) is 3.54. The monoisotopic (exact) mass is 221 g/mol. The van der Waals surface area contributed by atoms with Crippen molar-refractivity contribution in [2.24, 2.45) is 0 Å². The number of hydrogen-bond donors (Lipinski definition) is 2. The van der Waals surface area contributed by atoms with E-state index in [9.17, 15) is 13.6 Å². The average molecular weight is 222 g/mol. The van der Waals surface area contributed by atoms with Crippen LogP contribution < -0.4 is 5.73 Å². The first-order valence-corrected chi connectivity index (χ1v) is 3.92. The van der Waals surface area contributed by atoms with E-state index in [1.807, 2.05) is 0 Å². The van der Waals surface area contributed by atoms with Crippen LogP contribution in [0.4, 0.5) is 14.5 Å². The summed E-state index contributed by atoms with van der Waals surface area (Å²) in [6, 6.07) is 1.96. The highest BCUT2D eigenvalue weighted by Gasteiger charge is 2.18. The van der Waals surface area contributed by atoms with Crippen LogP contribution in [0.5, 0.6) is 0 Å². The maximum Gasteiger partial charge on any atom is 0.337 e. The van der Waals surface area contributed by atoms with Gasteiger partial charge in [-0.2, -0.15) is 0 Å². The molecule has 6 heteroatoms. The molecule has 0 spiro atoms. The Labute approximate surface area is 83.1 Å². The molecule has 0 fully saturated rings. The van der Waals surface area contributed by atoms with Crippen LogP contribution in [0.2, 0.25) is 5.02 Å². The number of carboxylic acid groups (broad SMARTS) is 1. The number of halogens is 3. The van der Waals surface area contributed by atoms with E-state index >= 15 is 0 Å². The summed E-state index contributed by atoms with van der Waals surface area (Å²) in [5.41, 5.74) is 4.20. The number of alkyl halides is 2. The normalized spacial score (nSPS) is 10.6. The molecule has 0 amide bonds. The van der Waals surface area contributed by atoms with E-state index in [1.165, 1.54) is 0 Å². The predicted molar refractivity (Wildman–Crippen MR) is 47.8 cm³/mol. The lowest BCUT2D eigenvalue weighted by Crippen LogP contribution is -2.04. The number of carbonyl (C=O) groups is 1. The highest BCUT2D eigenvalue weighted by atomic mass is 35.5. The summed E-state index contributed by atoms with van der Waals surface area (Å²) in [7, 11) is 0. The Hall–Kier alpha value is -1.36. The molecule has 76 valence electrons. The van der Waals surface area contributed by atoms with Crippen LogP contribution in [0.3, 0.4) is 0 Å². The quantitative estimate of drug-likeness (QED) is 0.755. The first-order chi connectivity index (χ1) is 6.45. The summed E-state index contributed by atoms with van der Waals surface area (Å²) in [6.07, 6.45) is -2.77. The van der Waals surface area contributed by atoms with Crippen molar-refractivity contribution in [2.45, 2.75) is 6.43 Å². The predicted octanol–water partition coefficient (Wildman–Crippen LogP) is 2.56. The number of hydrogen-bond acceptors (Lipinski definition) is 2. The van der Waals surface area contributed by atoms with Crippen molar-refractivity contribution in [2.75, 3.05) is 5.73 Å². The second-order valence-electron chi connectivity index (χ2n) is 2.54. The number of nitrogens with two attached hydrogens (primary N) is 1. The second kappa shape index (κ2) is 3.79. The number of anilines is 1. The van der Waals surface area contributed by atoms with Crippen molar-refractivity contribution in [3.8, 4) is 0 Å². The molecule has 0 aliphatic carbocycles. The minimum absolute atomic E-state index is 0.278. The van der Waals surface area contributed by atoms with E-state index in [0.29, 0.717) is 0 Å². The second-order valence-corrected chi connectivity index (χ2v) is 2.91. The van der Waals surface area contributed by atoms with E-state index in [2.05, 4.69) is 0 Å². The highest BCUT2D eigenvalue weighted by molar-refractivity contribution is 6.34. The molecule has 3 nitrogen and oxygen atoms in total. The van der Waals surface area contributed by atoms with Crippen LogP contribution in [0.25, 0.3) is 0 Å². The molecule has 0 saturated carbocycles. The van der Waals surface area contributed by atoms with Gasteiger partial charge in [-0.25, -0.2) is 13.6 Å². The van der Waals surface area contributed by atoms with E-state index in [1.54, 1.807) is 0 Å². The minimum atomic E-state index is -2.77. The molecule has 0 bridgehead atoms. The summed E-state index contributed by atoms with van der Waals surface area (Å²) in [5.74, 6) is -1.30. The van der Waals surface area contributed by atoms with Crippen molar-refractivity contribution in [3.63, 3.8) is 0 Å². The van der Waals surface area contributed by atoms with E-state index < -0.39 is 23.0 Å². The van der Waals surface area contributed by atoms with Gasteiger partial charge in [-0.05, 0) is 6.07 Å². The molecule has 1 aromatic carbocycles. The van der Waals surface area contributed by atoms with Gasteiger partial charge in [-0.15, -0.1) is 0 Å². The molecular weight excluding hydrogens is 216 g/mol. The molecule has 0 aromatic heterocycles. The average Bonchev–Trinajstić information content (AvgIpc) is 2.08. The maximum absolute atomic E-state index is 12.3. The SMILES string of the molecule is Nc1c(C(=O)O)ccc(C(F)F)c1Cl. The van der Waals surface area contributed by atoms with Gasteiger partial charge in [0.1, 0.15) is 0 Å². The topological polar surface area (TPSA) is 63.3 Å². The fraction of sp³-hybridized carbons (Fsp3) is 0.125. The molecule has 1 rings (SSSR count). The lowest BCUT2D eigenvalue weighted by atomic mass is 10.1. The van der Waals surface area contributed by atoms with Gasteiger partial charge in [0.15, 0.2) is 0 Å². The fourth-order valence-electron chi connectivity index (χ4n) is 0.965. The zero-order valence-corrected chi connectivity index (χ0v) is 7.55. The summed E-state index contributed by atoms with van der Waals surface area (Å²) < 4.78 is 24.5. The molecular formula is C8H6ClF2NO2. The van der Waals surface area contributed by atoms with Crippen molar-refractivity contribution >= 4 is 23.3 Å². The van der Waals surface area contributed by atoms with Gasteiger partial charge in [0.25, 0.3) is 6.43 Å². The molecule has 0 saturated heterocycles. The summed E-state index contributed by atoms with van der Waals surface area (Å²) in [6.45, 7) is 0. The fourth-order valence-corrected chi connectivity index (χ4v) is 1.21. The molecule has 0 radical (unpaired) electrons. The Kier molecular flexibility index (Phi) is 2.90. The van der Waals surface area contributed by atoms with Gasteiger partial charge in [-0.1, -0.05) is 17.7 Å². The zero-order valence-electron chi connectivity index (χ0n) is 6.80. The van der Waals surface area contributed by atoms with Crippen LogP contribution >= 0.6 is 11.6 Å². The molecule has 14 heavy (non-hydrogen) atoms. The van der Waals surface area contributed by atoms with Gasteiger partial charge in [0.05, 0.1) is 16.3 Å². The molecule has 0 atom stereocenters. The third-order valence-corrected chi connectivity index (χ3v) is 2.10. The minimum Gasteiger partial charge on any atom is -0.478 e. The Morgan fingerprint density at radius 3 is 2.50 bits per heavy atom. The summed E-state index contributed by atoms with van der Waals surface area (Å²) in [5, 5.41) is 8.19. The third-order valence-electron chi connectivity index (χ3n) is 1.68. The van der Waals surface area contributed by atoms with Crippen molar-refractivity contribution in [1.82, 2.24) is 0 Å². The lowest BCUT2D eigenvalue weighted by molar-refractivity contribution is 0.0697. The van der Waals surface area contributed by atoms with Crippen LogP contribution in [0.15, 0.2) is 12.1 Å². The summed E-state index contributed by atoms with van der Waals surface area (Å²) in [4.78, 5) is 10.5. The van der Waals surface area contributed by atoms with Gasteiger partial charge < -0.3 is 10.8 Å². The van der Waals surface area contributed by atoms with Gasteiger partial charge >= 0.3 is 5.97 Å². The van der Waals surface area contributed by atoms with Crippen LogP contribution in [0, 0.1) is 0 Å². The standard InChI is InChI=1S/C8H6ClF2NO2/c9-5-3(7(10)11)1-2-4(6(5)12)8(13)14/h1-2,7H,12H2,(H,13,14). The molecule has 0 unspecified atom stereocenters. The Morgan fingerprint density at radius 1 is 1.50 bits per heavy atom. The number of carboxylic acids is 1. The Morgan fingerprint density at radius 2 is 2.07 bits per heavy atom. The molecule has 0 aliphatic rings. The van der Waals surface area contributed by atoms with Crippen LogP contribution in [-0.2, 0) is 0 Å². The largest absolute Gasteiger partial charge is 0.478 e. The third kappa shape index (κ3) is 1.77. The van der Waals surface area contributed by atoms with Gasteiger partial charge in [0, 0.05) is 5.56 Å². The number of aromatic carboxylic acids is 1. The van der Waals surface area contributed by atoms with Crippen molar-refractivity contribution < 1.29 is 18.7 Å². The molecule has 1 aromatic rings.